The van der Waals surface area contributed by atoms with Crippen molar-refractivity contribution in [1.82, 2.24) is 10.2 Å². The second-order valence-corrected chi connectivity index (χ2v) is 6.46. The Morgan fingerprint density at radius 2 is 2.05 bits per heavy atom. The third kappa shape index (κ3) is 5.05. The van der Waals surface area contributed by atoms with Gasteiger partial charge in [-0.2, -0.15) is 0 Å². The van der Waals surface area contributed by atoms with Gasteiger partial charge in [-0.25, -0.2) is 0 Å². The highest BCUT2D eigenvalue weighted by atomic mass is 16.5. The molecule has 2 rings (SSSR count). The second kappa shape index (κ2) is 8.23. The Morgan fingerprint density at radius 1 is 1.26 bits per heavy atom. The van der Waals surface area contributed by atoms with Gasteiger partial charge in [0.2, 0.25) is 0 Å². The maximum atomic E-state index is 5.46. The summed E-state index contributed by atoms with van der Waals surface area (Å²) >= 11 is 0. The molecule has 2 unspecified atom stereocenters. The highest BCUT2D eigenvalue weighted by Gasteiger charge is 2.26. The molecule has 0 bridgehead atoms. The lowest BCUT2D eigenvalue weighted by Crippen LogP contribution is -2.46. The van der Waals surface area contributed by atoms with Gasteiger partial charge in [0.15, 0.2) is 0 Å². The van der Waals surface area contributed by atoms with Crippen LogP contribution in [0.1, 0.15) is 46.0 Å². The minimum atomic E-state index is 0.678. The number of hydrogen-bond donors (Lipinski definition) is 1. The van der Waals surface area contributed by atoms with Gasteiger partial charge in [0.25, 0.3) is 0 Å². The van der Waals surface area contributed by atoms with E-state index in [1.165, 1.54) is 51.7 Å². The minimum Gasteiger partial charge on any atom is -0.381 e. The molecule has 2 atom stereocenters. The minimum absolute atomic E-state index is 0.678. The van der Waals surface area contributed by atoms with Crippen molar-refractivity contribution in [3.05, 3.63) is 0 Å². The van der Waals surface area contributed by atoms with Gasteiger partial charge in [-0.05, 0) is 64.0 Å². The van der Waals surface area contributed by atoms with Crippen molar-refractivity contribution in [2.24, 2.45) is 11.8 Å². The Balaban J connectivity index is 1.73. The average molecular weight is 268 g/mol. The smallest absolute Gasteiger partial charge is 0.0469 e. The molecule has 2 heterocycles. The van der Waals surface area contributed by atoms with E-state index in [1.807, 2.05) is 0 Å². The number of piperidine rings is 1. The standard InChI is InChI=1S/C16H32N2O/c1-3-8-17-14(2)16-5-4-9-18(13-16)12-15-6-10-19-11-7-15/h14-17H,3-13H2,1-2H3. The van der Waals surface area contributed by atoms with E-state index < -0.39 is 0 Å². The van der Waals surface area contributed by atoms with Crippen LogP contribution in [0.3, 0.4) is 0 Å². The van der Waals surface area contributed by atoms with Crippen LogP contribution in [-0.2, 0) is 4.74 Å². The van der Waals surface area contributed by atoms with Crippen molar-refractivity contribution in [3.8, 4) is 0 Å². The van der Waals surface area contributed by atoms with E-state index in [0.717, 1.165) is 31.6 Å². The molecule has 0 radical (unpaired) electrons. The predicted molar refractivity (Wildman–Crippen MR) is 80.5 cm³/mol. The van der Waals surface area contributed by atoms with Crippen molar-refractivity contribution in [2.45, 2.75) is 52.0 Å². The summed E-state index contributed by atoms with van der Waals surface area (Å²) in [7, 11) is 0. The summed E-state index contributed by atoms with van der Waals surface area (Å²) in [5.74, 6) is 1.73. The maximum absolute atomic E-state index is 5.46. The van der Waals surface area contributed by atoms with E-state index in [9.17, 15) is 0 Å². The van der Waals surface area contributed by atoms with Crippen molar-refractivity contribution >= 4 is 0 Å². The lowest BCUT2D eigenvalue weighted by molar-refractivity contribution is 0.0432. The summed E-state index contributed by atoms with van der Waals surface area (Å²) in [6.45, 7) is 11.7. The SMILES string of the molecule is CCCNC(C)C1CCCN(CC2CCOCC2)C1. The summed E-state index contributed by atoms with van der Waals surface area (Å²) < 4.78 is 5.46. The van der Waals surface area contributed by atoms with Gasteiger partial charge in [-0.3, -0.25) is 0 Å². The first kappa shape index (κ1) is 15.3. The third-order valence-electron chi connectivity index (χ3n) is 4.82. The first-order valence-electron chi connectivity index (χ1n) is 8.33. The molecule has 3 nitrogen and oxygen atoms in total. The molecule has 0 aromatic carbocycles. The molecule has 2 fully saturated rings. The van der Waals surface area contributed by atoms with Crippen molar-refractivity contribution in [3.63, 3.8) is 0 Å². The van der Waals surface area contributed by atoms with Gasteiger partial charge in [0.1, 0.15) is 0 Å². The molecule has 2 aliphatic heterocycles. The van der Waals surface area contributed by atoms with E-state index in [1.54, 1.807) is 0 Å². The number of nitrogens with one attached hydrogen (secondary N) is 1. The largest absolute Gasteiger partial charge is 0.381 e. The van der Waals surface area contributed by atoms with Gasteiger partial charge in [-0.1, -0.05) is 6.92 Å². The first-order chi connectivity index (χ1) is 9.29. The molecule has 19 heavy (non-hydrogen) atoms. The summed E-state index contributed by atoms with van der Waals surface area (Å²) in [6.07, 6.45) is 6.56. The van der Waals surface area contributed by atoms with Gasteiger partial charge in [0.05, 0.1) is 0 Å². The second-order valence-electron chi connectivity index (χ2n) is 6.46. The molecule has 0 saturated carbocycles. The Hall–Kier alpha value is -0.120. The molecule has 0 spiro atoms. The summed E-state index contributed by atoms with van der Waals surface area (Å²) in [4.78, 5) is 2.72. The van der Waals surface area contributed by atoms with Gasteiger partial charge < -0.3 is 15.0 Å². The van der Waals surface area contributed by atoms with Crippen LogP contribution >= 0.6 is 0 Å². The monoisotopic (exact) mass is 268 g/mol. The van der Waals surface area contributed by atoms with E-state index in [2.05, 4.69) is 24.1 Å². The lowest BCUT2D eigenvalue weighted by Gasteiger charge is -2.38. The summed E-state index contributed by atoms with van der Waals surface area (Å²) in [6, 6.07) is 0.678. The molecule has 1 N–H and O–H groups in total. The average Bonchev–Trinajstić information content (AvgIpc) is 2.46. The fourth-order valence-electron chi connectivity index (χ4n) is 3.50. The molecule has 3 heteroatoms. The van der Waals surface area contributed by atoms with Gasteiger partial charge >= 0.3 is 0 Å². The van der Waals surface area contributed by atoms with Crippen molar-refractivity contribution in [2.75, 3.05) is 39.4 Å². The normalized spacial score (nSPS) is 28.4. The zero-order valence-electron chi connectivity index (χ0n) is 12.9. The van der Waals surface area contributed by atoms with Gasteiger partial charge in [0, 0.05) is 32.3 Å². The molecular weight excluding hydrogens is 236 g/mol. The quantitative estimate of drug-likeness (QED) is 0.801. The van der Waals surface area contributed by atoms with Crippen LogP contribution in [0.4, 0.5) is 0 Å². The summed E-state index contributed by atoms with van der Waals surface area (Å²) in [5, 5.41) is 3.68. The molecule has 0 aromatic heterocycles. The number of hydrogen-bond acceptors (Lipinski definition) is 3. The van der Waals surface area contributed by atoms with Crippen LogP contribution in [0.25, 0.3) is 0 Å². The molecule has 2 saturated heterocycles. The summed E-state index contributed by atoms with van der Waals surface area (Å²) in [5.41, 5.74) is 0. The van der Waals surface area contributed by atoms with Crippen molar-refractivity contribution in [1.29, 1.82) is 0 Å². The number of nitrogens with zero attached hydrogens (tertiary/aromatic N) is 1. The fraction of sp³-hybridized carbons (Fsp3) is 1.00. The Kier molecular flexibility index (Phi) is 6.62. The molecule has 0 aliphatic carbocycles. The van der Waals surface area contributed by atoms with Crippen LogP contribution in [0.2, 0.25) is 0 Å². The van der Waals surface area contributed by atoms with Gasteiger partial charge in [-0.15, -0.1) is 0 Å². The number of likely N-dealkylation sites (tertiary alicyclic amines) is 1. The molecular formula is C16H32N2O. The highest BCUT2D eigenvalue weighted by Crippen LogP contribution is 2.23. The predicted octanol–water partition coefficient (Wildman–Crippen LogP) is 2.51. The maximum Gasteiger partial charge on any atom is 0.0469 e. The Morgan fingerprint density at radius 3 is 2.79 bits per heavy atom. The zero-order valence-corrected chi connectivity index (χ0v) is 12.9. The Labute approximate surface area is 119 Å². The highest BCUT2D eigenvalue weighted by molar-refractivity contribution is 4.81. The first-order valence-corrected chi connectivity index (χ1v) is 8.33. The van der Waals surface area contributed by atoms with E-state index >= 15 is 0 Å². The van der Waals surface area contributed by atoms with Crippen LogP contribution in [0, 0.1) is 11.8 Å². The molecule has 0 amide bonds. The van der Waals surface area contributed by atoms with Crippen LogP contribution in [0.15, 0.2) is 0 Å². The topological polar surface area (TPSA) is 24.5 Å². The lowest BCUT2D eigenvalue weighted by atomic mass is 9.90. The number of ether oxygens (including phenoxy) is 1. The molecule has 0 aromatic rings. The third-order valence-corrected chi connectivity index (χ3v) is 4.82. The fourth-order valence-corrected chi connectivity index (χ4v) is 3.50. The number of rotatable bonds is 6. The van der Waals surface area contributed by atoms with E-state index in [0.29, 0.717) is 6.04 Å². The van der Waals surface area contributed by atoms with Crippen molar-refractivity contribution < 1.29 is 4.74 Å². The molecule has 112 valence electrons. The zero-order chi connectivity index (χ0) is 13.5. The van der Waals surface area contributed by atoms with Crippen LogP contribution < -0.4 is 5.32 Å². The van der Waals surface area contributed by atoms with Crippen LogP contribution in [-0.4, -0.2) is 50.3 Å². The Bertz CT molecular complexity index is 241. The van der Waals surface area contributed by atoms with Crippen LogP contribution in [0.5, 0.6) is 0 Å². The van der Waals surface area contributed by atoms with E-state index in [4.69, 9.17) is 4.74 Å². The van der Waals surface area contributed by atoms with E-state index in [-0.39, 0.29) is 0 Å². The molecule has 2 aliphatic rings.